The molecule has 0 unspecified atom stereocenters. The van der Waals surface area contributed by atoms with Gasteiger partial charge in [-0.15, -0.1) is 0 Å². The van der Waals surface area contributed by atoms with Crippen LogP contribution in [-0.2, 0) is 52.5 Å². The van der Waals surface area contributed by atoms with E-state index in [1.54, 1.807) is 13.8 Å². The minimum Gasteiger partial charge on any atom is -0.441 e. The van der Waals surface area contributed by atoms with E-state index in [1.807, 2.05) is 105 Å². The molecular weight excluding hydrogens is 691 g/mol. The Bertz CT molecular complexity index is 1650. The molecule has 0 bridgehead atoms. The summed E-state index contributed by atoms with van der Waals surface area (Å²) >= 11 is 0. The van der Waals surface area contributed by atoms with Crippen LogP contribution in [0.2, 0.25) is 18.1 Å². The highest BCUT2D eigenvalue weighted by molar-refractivity contribution is 6.74. The molecule has 0 saturated carbocycles. The molecule has 1 N–H and O–H groups in total. The molecule has 5 rings (SSSR count). The van der Waals surface area contributed by atoms with Gasteiger partial charge in [0.1, 0.15) is 30.0 Å². The second kappa shape index (κ2) is 16.5. The molecular formula is C42H57NO9Si. The molecule has 0 spiro atoms. The topological polar surface area (TPSA) is 113 Å². The summed E-state index contributed by atoms with van der Waals surface area (Å²) in [6.07, 6.45) is -6.32. The van der Waals surface area contributed by atoms with Gasteiger partial charge in [-0.2, -0.15) is 0 Å². The van der Waals surface area contributed by atoms with Crippen LogP contribution in [0.5, 0.6) is 0 Å². The van der Waals surface area contributed by atoms with E-state index >= 15 is 0 Å². The summed E-state index contributed by atoms with van der Waals surface area (Å²) in [5.74, 6) is -1.64. The predicted octanol–water partition coefficient (Wildman–Crippen LogP) is 7.43. The molecule has 11 heteroatoms. The number of nitrogens with zero attached hydrogens (tertiary/aromatic N) is 1. The van der Waals surface area contributed by atoms with Crippen molar-refractivity contribution >= 4 is 20.3 Å². The van der Waals surface area contributed by atoms with E-state index in [-0.39, 0.29) is 24.9 Å². The Kier molecular flexibility index (Phi) is 12.7. The lowest BCUT2D eigenvalue weighted by atomic mass is 9.91. The minimum atomic E-state index is -2.58. The fourth-order valence-electron chi connectivity index (χ4n) is 6.49. The van der Waals surface area contributed by atoms with Crippen LogP contribution in [0.1, 0.15) is 65.2 Å². The number of amides is 2. The number of hydrogen-bond acceptors (Lipinski definition) is 9. The highest BCUT2D eigenvalue weighted by Gasteiger charge is 2.55. The van der Waals surface area contributed by atoms with Crippen LogP contribution in [0.3, 0.4) is 0 Å². The first-order valence-corrected chi connectivity index (χ1v) is 21.4. The van der Waals surface area contributed by atoms with E-state index < -0.39 is 68.3 Å². The third kappa shape index (κ3) is 10.0. The van der Waals surface area contributed by atoms with E-state index in [9.17, 15) is 14.7 Å². The van der Waals surface area contributed by atoms with Crippen LogP contribution in [0.15, 0.2) is 91.0 Å². The first kappa shape index (κ1) is 40.8. The Labute approximate surface area is 315 Å². The molecule has 0 aliphatic carbocycles. The van der Waals surface area contributed by atoms with Crippen molar-refractivity contribution in [1.29, 1.82) is 0 Å². The molecule has 2 fully saturated rings. The number of carbonyl (C=O) groups is 2. The number of imide groups is 1. The normalized spacial score (nSPS) is 22.2. The molecule has 2 amide bonds. The molecule has 2 aliphatic heterocycles. The fraction of sp³-hybridized carbons (Fsp3) is 0.524. The van der Waals surface area contributed by atoms with Gasteiger partial charge in [0.2, 0.25) is 0 Å². The second-order valence-corrected chi connectivity index (χ2v) is 21.3. The van der Waals surface area contributed by atoms with E-state index in [1.165, 1.54) is 0 Å². The van der Waals surface area contributed by atoms with Crippen molar-refractivity contribution in [3.63, 3.8) is 0 Å². The number of hydrogen-bond donors (Lipinski definition) is 1. The smallest absolute Gasteiger partial charge is 0.417 e. The van der Waals surface area contributed by atoms with Gasteiger partial charge in [-0.25, -0.2) is 9.69 Å². The van der Waals surface area contributed by atoms with Crippen LogP contribution in [0.4, 0.5) is 4.79 Å². The van der Waals surface area contributed by atoms with Crippen LogP contribution >= 0.6 is 0 Å². The van der Waals surface area contributed by atoms with Gasteiger partial charge in [-0.1, -0.05) is 112 Å². The summed E-state index contributed by atoms with van der Waals surface area (Å²) in [5.41, 5.74) is 1.56. The summed E-state index contributed by atoms with van der Waals surface area (Å²) in [4.78, 5) is 29.8. The number of cyclic esters (lactones) is 1. The van der Waals surface area contributed by atoms with E-state index in [0.717, 1.165) is 21.6 Å². The average molecular weight is 748 g/mol. The van der Waals surface area contributed by atoms with Gasteiger partial charge in [0, 0.05) is 0 Å². The maximum atomic E-state index is 15.0. The standard InChI is InChI=1S/C42H57NO9Si/c1-40(2,3)53(8,9)52-35(32-28-49-42(6,7)50-32)36(47-26-30-21-15-11-16-22-30)34(44)37(48-27-31-23-17-12-18-24-31)38(45)43-33(41(4,5)51-39(43)46)25-29-19-13-10-14-20-29/h10-24,32-37,44H,25-28H2,1-9H3/t32-,33-,34+,35+,36-,37-/m1/s1. The molecule has 0 radical (unpaired) electrons. The molecule has 2 aliphatic rings. The average Bonchev–Trinajstić information content (AvgIpc) is 3.58. The van der Waals surface area contributed by atoms with Crippen LogP contribution < -0.4 is 0 Å². The first-order chi connectivity index (χ1) is 24.9. The monoisotopic (exact) mass is 747 g/mol. The summed E-state index contributed by atoms with van der Waals surface area (Å²) in [6.45, 7) is 18.1. The molecule has 53 heavy (non-hydrogen) atoms. The molecule has 10 nitrogen and oxygen atoms in total. The Morgan fingerprint density at radius 1 is 0.868 bits per heavy atom. The lowest BCUT2D eigenvalue weighted by Gasteiger charge is -2.44. The molecule has 3 aromatic rings. The quantitative estimate of drug-likeness (QED) is 0.159. The molecule has 2 heterocycles. The molecule has 2 saturated heterocycles. The van der Waals surface area contributed by atoms with Crippen molar-refractivity contribution in [2.75, 3.05) is 6.61 Å². The summed E-state index contributed by atoms with van der Waals surface area (Å²) in [7, 11) is -2.58. The highest BCUT2D eigenvalue weighted by Crippen LogP contribution is 2.41. The van der Waals surface area contributed by atoms with Gasteiger partial charge < -0.3 is 33.2 Å². The summed E-state index contributed by atoms with van der Waals surface area (Å²) in [6, 6.07) is 27.9. The maximum Gasteiger partial charge on any atom is 0.417 e. The lowest BCUT2D eigenvalue weighted by molar-refractivity contribution is -0.195. The lowest BCUT2D eigenvalue weighted by Crippen LogP contribution is -2.61. The van der Waals surface area contributed by atoms with Gasteiger partial charge in [0.15, 0.2) is 20.2 Å². The van der Waals surface area contributed by atoms with Crippen LogP contribution in [-0.4, -0.2) is 84.9 Å². The zero-order valence-corrected chi connectivity index (χ0v) is 33.6. The number of aliphatic hydroxyl groups is 1. The predicted molar refractivity (Wildman–Crippen MR) is 204 cm³/mol. The van der Waals surface area contributed by atoms with Crippen molar-refractivity contribution in [3.8, 4) is 0 Å². The van der Waals surface area contributed by atoms with E-state index in [0.29, 0.717) is 6.42 Å². The maximum absolute atomic E-state index is 15.0. The number of benzene rings is 3. The zero-order chi connectivity index (χ0) is 38.6. The van der Waals surface area contributed by atoms with Crippen molar-refractivity contribution in [3.05, 3.63) is 108 Å². The third-order valence-electron chi connectivity index (χ3n) is 10.6. The number of carbonyl (C=O) groups excluding carboxylic acids is 2. The van der Waals surface area contributed by atoms with Gasteiger partial charge in [0.05, 0.1) is 25.9 Å². The Balaban J connectivity index is 1.58. The third-order valence-corrected chi connectivity index (χ3v) is 15.0. The number of aliphatic hydroxyl groups excluding tert-OH is 1. The first-order valence-electron chi connectivity index (χ1n) is 18.5. The van der Waals surface area contributed by atoms with Gasteiger partial charge in [-0.3, -0.25) is 4.79 Å². The number of ether oxygens (including phenoxy) is 5. The highest BCUT2D eigenvalue weighted by atomic mass is 28.4. The molecule has 288 valence electrons. The SMILES string of the molecule is CC1(C)OC[C@H]([C@H](O[Si](C)(C)C(C)(C)C)[C@H](OCc2ccccc2)[C@H](O)[C@@H](OCc2ccccc2)C(=O)N2C(=O)OC(C)(C)[C@H]2Cc2ccccc2)O1. The van der Waals surface area contributed by atoms with Crippen LogP contribution in [0.25, 0.3) is 0 Å². The van der Waals surface area contributed by atoms with E-state index in [4.69, 9.17) is 28.1 Å². The van der Waals surface area contributed by atoms with Crippen molar-refractivity contribution in [1.82, 2.24) is 4.90 Å². The van der Waals surface area contributed by atoms with E-state index in [2.05, 4.69) is 33.9 Å². The number of rotatable bonds is 15. The summed E-state index contributed by atoms with van der Waals surface area (Å²) in [5, 5.41) is 12.5. The Morgan fingerprint density at radius 2 is 1.38 bits per heavy atom. The fourth-order valence-corrected chi connectivity index (χ4v) is 7.81. The second-order valence-electron chi connectivity index (χ2n) is 16.6. The molecule has 3 aromatic carbocycles. The van der Waals surface area contributed by atoms with Crippen molar-refractivity contribution < 1.29 is 42.8 Å². The van der Waals surface area contributed by atoms with Crippen LogP contribution in [0, 0.1) is 0 Å². The molecule has 0 aromatic heterocycles. The van der Waals surface area contributed by atoms with Crippen molar-refractivity contribution in [2.24, 2.45) is 0 Å². The Morgan fingerprint density at radius 3 is 1.87 bits per heavy atom. The zero-order valence-electron chi connectivity index (χ0n) is 32.6. The minimum absolute atomic E-state index is 0.0147. The van der Waals surface area contributed by atoms with Crippen molar-refractivity contribution in [2.45, 2.75) is 134 Å². The largest absolute Gasteiger partial charge is 0.441 e. The van der Waals surface area contributed by atoms with Gasteiger partial charge in [-0.05, 0) is 68.9 Å². The molecule has 6 atom stereocenters. The van der Waals surface area contributed by atoms with Gasteiger partial charge >= 0.3 is 6.09 Å². The Hall–Kier alpha value is -3.42. The summed E-state index contributed by atoms with van der Waals surface area (Å²) < 4.78 is 38.5. The van der Waals surface area contributed by atoms with Gasteiger partial charge in [0.25, 0.3) is 5.91 Å².